The second-order valence-electron chi connectivity index (χ2n) is 7.38. The van der Waals surface area contributed by atoms with Gasteiger partial charge in [0.05, 0.1) is 11.4 Å². The van der Waals surface area contributed by atoms with Crippen LogP contribution in [0.5, 0.6) is 0 Å². The van der Waals surface area contributed by atoms with Gasteiger partial charge in [-0.3, -0.25) is 14.3 Å². The summed E-state index contributed by atoms with van der Waals surface area (Å²) < 4.78 is 2.01. The second kappa shape index (κ2) is 9.78. The van der Waals surface area contributed by atoms with Crippen molar-refractivity contribution < 1.29 is 4.79 Å². The highest BCUT2D eigenvalue weighted by molar-refractivity contribution is 7.99. The molecular formula is C25H25N5OS. The van der Waals surface area contributed by atoms with Crippen molar-refractivity contribution >= 4 is 23.4 Å². The molecule has 162 valence electrons. The molecule has 0 fully saturated rings. The van der Waals surface area contributed by atoms with Gasteiger partial charge in [0.15, 0.2) is 11.0 Å². The average molecular weight is 444 g/mol. The van der Waals surface area contributed by atoms with Gasteiger partial charge in [-0.05, 0) is 56.2 Å². The van der Waals surface area contributed by atoms with Crippen molar-refractivity contribution in [2.75, 3.05) is 17.2 Å². The van der Waals surface area contributed by atoms with E-state index in [0.29, 0.717) is 17.5 Å². The van der Waals surface area contributed by atoms with Crippen LogP contribution in [-0.2, 0) is 4.79 Å². The van der Waals surface area contributed by atoms with Crippen LogP contribution in [0.4, 0.5) is 5.69 Å². The Hall–Kier alpha value is -3.45. The van der Waals surface area contributed by atoms with Crippen LogP contribution in [0.15, 0.2) is 78.2 Å². The molecule has 32 heavy (non-hydrogen) atoms. The van der Waals surface area contributed by atoms with Crippen molar-refractivity contribution in [2.24, 2.45) is 0 Å². The molecule has 0 bridgehead atoms. The maximum Gasteiger partial charge on any atom is 0.237 e. The average Bonchev–Trinajstić information content (AvgIpc) is 3.24. The first-order valence-electron chi connectivity index (χ1n) is 10.5. The smallest absolute Gasteiger partial charge is 0.237 e. The lowest BCUT2D eigenvalue weighted by atomic mass is 10.2. The highest BCUT2D eigenvalue weighted by atomic mass is 32.2. The van der Waals surface area contributed by atoms with Gasteiger partial charge in [-0.1, -0.05) is 48.2 Å². The Labute approximate surface area is 192 Å². The number of rotatable bonds is 7. The number of carbonyl (C=O) groups is 1. The van der Waals surface area contributed by atoms with Crippen LogP contribution < -0.4 is 4.90 Å². The minimum atomic E-state index is 0.0362. The lowest BCUT2D eigenvalue weighted by Gasteiger charge is -2.22. The fourth-order valence-electron chi connectivity index (χ4n) is 3.63. The van der Waals surface area contributed by atoms with E-state index < -0.39 is 0 Å². The van der Waals surface area contributed by atoms with Crippen LogP contribution in [0.3, 0.4) is 0 Å². The monoisotopic (exact) mass is 443 g/mol. The van der Waals surface area contributed by atoms with E-state index in [9.17, 15) is 4.79 Å². The second-order valence-corrected chi connectivity index (χ2v) is 8.33. The number of nitrogens with zero attached hydrogens (tertiary/aromatic N) is 5. The van der Waals surface area contributed by atoms with E-state index in [2.05, 4.69) is 28.2 Å². The van der Waals surface area contributed by atoms with Gasteiger partial charge in [0.1, 0.15) is 0 Å². The summed E-state index contributed by atoms with van der Waals surface area (Å²) in [4.78, 5) is 19.2. The number of aromatic nitrogens is 4. The largest absolute Gasteiger partial charge is 0.312 e. The van der Waals surface area contributed by atoms with Crippen molar-refractivity contribution in [2.45, 2.75) is 25.9 Å². The van der Waals surface area contributed by atoms with Crippen LogP contribution in [0.2, 0.25) is 0 Å². The van der Waals surface area contributed by atoms with E-state index in [4.69, 9.17) is 0 Å². The van der Waals surface area contributed by atoms with Gasteiger partial charge in [-0.15, -0.1) is 10.2 Å². The summed E-state index contributed by atoms with van der Waals surface area (Å²) >= 11 is 1.40. The Morgan fingerprint density at radius 3 is 2.41 bits per heavy atom. The van der Waals surface area contributed by atoms with E-state index in [1.807, 2.05) is 77.9 Å². The SMILES string of the molecule is CCN(C(=O)CSc1nnc(-c2cccnc2)n1-c1ccccc1C)c1ccccc1C. The molecule has 7 heteroatoms. The molecular weight excluding hydrogens is 418 g/mol. The first kappa shape index (κ1) is 21.8. The Morgan fingerprint density at radius 2 is 1.72 bits per heavy atom. The number of carbonyl (C=O) groups excluding carboxylic acids is 1. The minimum absolute atomic E-state index is 0.0362. The topological polar surface area (TPSA) is 63.9 Å². The molecule has 0 saturated heterocycles. The van der Waals surface area contributed by atoms with E-state index in [0.717, 1.165) is 28.1 Å². The predicted molar refractivity (Wildman–Crippen MR) is 129 cm³/mol. The number of thioether (sulfide) groups is 1. The fourth-order valence-corrected chi connectivity index (χ4v) is 4.45. The molecule has 0 aliphatic heterocycles. The quantitative estimate of drug-likeness (QED) is 0.372. The predicted octanol–water partition coefficient (Wildman–Crippen LogP) is 5.09. The standard InChI is InChI=1S/C25H25N5OS/c1-4-29(21-13-7-5-10-18(21)2)23(31)17-32-25-28-27-24(20-12-9-15-26-16-20)30(25)22-14-8-6-11-19(22)3/h5-16H,4,17H2,1-3H3. The van der Waals surface area contributed by atoms with Crippen LogP contribution >= 0.6 is 11.8 Å². The maximum atomic E-state index is 13.1. The van der Waals surface area contributed by atoms with E-state index in [1.54, 1.807) is 12.4 Å². The Bertz CT molecular complexity index is 1220. The van der Waals surface area contributed by atoms with Crippen LogP contribution in [0, 0.1) is 13.8 Å². The molecule has 0 unspecified atom stereocenters. The highest BCUT2D eigenvalue weighted by Gasteiger charge is 2.21. The Kier molecular flexibility index (Phi) is 6.66. The van der Waals surface area contributed by atoms with Gasteiger partial charge in [-0.25, -0.2) is 0 Å². The summed E-state index contributed by atoms with van der Waals surface area (Å²) in [5.74, 6) is 1.00. The lowest BCUT2D eigenvalue weighted by molar-refractivity contribution is -0.116. The zero-order valence-electron chi connectivity index (χ0n) is 18.4. The van der Waals surface area contributed by atoms with Crippen molar-refractivity contribution in [3.05, 3.63) is 84.2 Å². The first-order valence-corrected chi connectivity index (χ1v) is 11.5. The molecule has 0 saturated carbocycles. The molecule has 0 radical (unpaired) electrons. The summed E-state index contributed by atoms with van der Waals surface area (Å²) in [6.07, 6.45) is 3.51. The first-order chi connectivity index (χ1) is 15.6. The summed E-state index contributed by atoms with van der Waals surface area (Å²) in [5, 5.41) is 9.55. The number of hydrogen-bond acceptors (Lipinski definition) is 5. The Morgan fingerprint density at radius 1 is 0.969 bits per heavy atom. The lowest BCUT2D eigenvalue weighted by Crippen LogP contribution is -2.32. The summed E-state index contributed by atoms with van der Waals surface area (Å²) in [6, 6.07) is 19.9. The highest BCUT2D eigenvalue weighted by Crippen LogP contribution is 2.30. The molecule has 4 rings (SSSR count). The third-order valence-corrected chi connectivity index (χ3v) is 6.17. The number of hydrogen-bond donors (Lipinski definition) is 0. The molecule has 0 aliphatic rings. The molecule has 0 N–H and O–H groups in total. The zero-order chi connectivity index (χ0) is 22.5. The van der Waals surface area contributed by atoms with Crippen LogP contribution in [-0.4, -0.2) is 38.0 Å². The molecule has 0 atom stereocenters. The number of para-hydroxylation sites is 2. The molecule has 0 aliphatic carbocycles. The molecule has 1 amide bonds. The molecule has 6 nitrogen and oxygen atoms in total. The Balaban J connectivity index is 1.66. The molecule has 2 heterocycles. The van der Waals surface area contributed by atoms with Crippen molar-refractivity contribution in [1.82, 2.24) is 19.7 Å². The van der Waals surface area contributed by atoms with Gasteiger partial charge in [-0.2, -0.15) is 0 Å². The summed E-state index contributed by atoms with van der Waals surface area (Å²) in [5.41, 5.74) is 4.97. The zero-order valence-corrected chi connectivity index (χ0v) is 19.2. The minimum Gasteiger partial charge on any atom is -0.312 e. The number of benzene rings is 2. The molecule has 0 spiro atoms. The van der Waals surface area contributed by atoms with E-state index in [-0.39, 0.29) is 11.7 Å². The molecule has 4 aromatic rings. The third kappa shape index (κ3) is 4.43. The number of pyridine rings is 1. The van der Waals surface area contributed by atoms with Gasteiger partial charge >= 0.3 is 0 Å². The number of amides is 1. The summed E-state index contributed by atoms with van der Waals surface area (Å²) in [6.45, 7) is 6.67. The van der Waals surface area contributed by atoms with Crippen LogP contribution in [0.1, 0.15) is 18.1 Å². The normalized spacial score (nSPS) is 10.8. The van der Waals surface area contributed by atoms with Crippen molar-refractivity contribution in [3.63, 3.8) is 0 Å². The van der Waals surface area contributed by atoms with Crippen molar-refractivity contribution in [1.29, 1.82) is 0 Å². The number of anilines is 1. The van der Waals surface area contributed by atoms with Crippen molar-refractivity contribution in [3.8, 4) is 17.1 Å². The molecule has 2 aromatic carbocycles. The van der Waals surface area contributed by atoms with Gasteiger partial charge in [0.25, 0.3) is 0 Å². The summed E-state index contributed by atoms with van der Waals surface area (Å²) in [7, 11) is 0. The molecule has 2 aromatic heterocycles. The maximum absolute atomic E-state index is 13.1. The van der Waals surface area contributed by atoms with E-state index >= 15 is 0 Å². The number of aryl methyl sites for hydroxylation is 2. The fraction of sp³-hybridized carbons (Fsp3) is 0.200. The third-order valence-electron chi connectivity index (χ3n) is 5.26. The van der Waals surface area contributed by atoms with Gasteiger partial charge in [0, 0.05) is 30.2 Å². The van der Waals surface area contributed by atoms with Gasteiger partial charge < -0.3 is 4.90 Å². The van der Waals surface area contributed by atoms with Gasteiger partial charge in [0.2, 0.25) is 5.91 Å². The van der Waals surface area contributed by atoms with E-state index in [1.165, 1.54) is 11.8 Å². The van der Waals surface area contributed by atoms with Crippen LogP contribution in [0.25, 0.3) is 17.1 Å².